The highest BCUT2D eigenvalue weighted by molar-refractivity contribution is 5.93. The number of carbonyl (C=O) groups excluding carboxylic acids is 2. The molecular formula is C9H14N4O5. The number of hydrogen-bond donors (Lipinski definition) is 3. The van der Waals surface area contributed by atoms with E-state index < -0.39 is 30.5 Å². The van der Waals surface area contributed by atoms with Crippen molar-refractivity contribution in [2.75, 3.05) is 13.3 Å². The van der Waals surface area contributed by atoms with Gasteiger partial charge in [-0.15, -0.1) is 0 Å². The van der Waals surface area contributed by atoms with E-state index in [1.165, 1.54) is 4.90 Å². The van der Waals surface area contributed by atoms with Gasteiger partial charge in [-0.2, -0.15) is 4.99 Å². The van der Waals surface area contributed by atoms with Crippen molar-refractivity contribution >= 4 is 18.4 Å². The van der Waals surface area contributed by atoms with Crippen molar-refractivity contribution in [1.82, 2.24) is 9.80 Å². The average molecular weight is 258 g/mol. The first kappa shape index (κ1) is 12.7. The van der Waals surface area contributed by atoms with E-state index in [0.717, 1.165) is 11.2 Å². The van der Waals surface area contributed by atoms with Gasteiger partial charge in [0.05, 0.1) is 12.7 Å². The van der Waals surface area contributed by atoms with Gasteiger partial charge < -0.3 is 20.7 Å². The Labute approximate surface area is 102 Å². The highest BCUT2D eigenvalue weighted by atomic mass is 16.5. The summed E-state index contributed by atoms with van der Waals surface area (Å²) in [4.78, 5) is 28.3. The van der Waals surface area contributed by atoms with Gasteiger partial charge in [0, 0.05) is 6.42 Å². The third kappa shape index (κ3) is 2.28. The summed E-state index contributed by atoms with van der Waals surface area (Å²) in [5.41, 5.74) is 5.08. The Morgan fingerprint density at radius 3 is 2.94 bits per heavy atom. The minimum atomic E-state index is -0.860. The van der Waals surface area contributed by atoms with Gasteiger partial charge >= 0.3 is 12.1 Å². The predicted molar refractivity (Wildman–Crippen MR) is 58.4 cm³/mol. The second-order valence-corrected chi connectivity index (χ2v) is 4.06. The van der Waals surface area contributed by atoms with E-state index in [0.29, 0.717) is 0 Å². The van der Waals surface area contributed by atoms with Gasteiger partial charge in [0.2, 0.25) is 0 Å². The lowest BCUT2D eigenvalue weighted by Gasteiger charge is -2.32. The molecule has 2 rings (SSSR count). The number of nitrogens with zero attached hydrogens (tertiary/aromatic N) is 3. The van der Waals surface area contributed by atoms with Gasteiger partial charge in [-0.3, -0.25) is 9.80 Å². The molecule has 1 saturated heterocycles. The first-order valence-electron chi connectivity index (χ1n) is 5.38. The molecule has 0 spiro atoms. The maximum Gasteiger partial charge on any atom is 0.348 e. The average Bonchev–Trinajstić information content (AvgIpc) is 2.70. The summed E-state index contributed by atoms with van der Waals surface area (Å²) in [6, 6.07) is -1.32. The number of carbonyl (C=O) groups is 2. The lowest BCUT2D eigenvalue weighted by Crippen LogP contribution is -2.52. The van der Waals surface area contributed by atoms with Gasteiger partial charge in [-0.25, -0.2) is 9.59 Å². The van der Waals surface area contributed by atoms with Crippen molar-refractivity contribution in [3.05, 3.63) is 0 Å². The molecule has 100 valence electrons. The quantitative estimate of drug-likeness (QED) is 0.541. The maximum atomic E-state index is 11.6. The van der Waals surface area contributed by atoms with Crippen molar-refractivity contribution in [2.45, 2.75) is 24.9 Å². The van der Waals surface area contributed by atoms with E-state index in [1.807, 2.05) is 0 Å². The van der Waals surface area contributed by atoms with Crippen LogP contribution in [0.2, 0.25) is 0 Å². The van der Waals surface area contributed by atoms with Crippen LogP contribution in [-0.2, 0) is 4.74 Å². The number of primary amides is 1. The standard InChI is InChI=1S/C9H14N4O5/c10-8(16)12-3-11-9(17)13(4-12)7-1-5(15)6(2-14)18-7/h3,5-7,14-15H,1-2,4H2,(H2,10,16)/t5-,6+,7+/m0/s1. The molecule has 4 amide bonds. The van der Waals surface area contributed by atoms with Gasteiger partial charge in [0.15, 0.2) is 0 Å². The first-order chi connectivity index (χ1) is 8.52. The Morgan fingerprint density at radius 2 is 2.39 bits per heavy atom. The second-order valence-electron chi connectivity index (χ2n) is 4.06. The SMILES string of the molecule is NC(=O)N1C=NC(=O)N([C@H]2C[C@H](O)[C@@H](CO)O2)C1. The summed E-state index contributed by atoms with van der Waals surface area (Å²) in [6.07, 6.45) is -1.13. The highest BCUT2D eigenvalue weighted by Gasteiger charge is 2.40. The Bertz CT molecular complexity index is 387. The Morgan fingerprint density at radius 1 is 1.67 bits per heavy atom. The highest BCUT2D eigenvalue weighted by Crippen LogP contribution is 2.24. The van der Waals surface area contributed by atoms with Crippen LogP contribution < -0.4 is 5.73 Å². The van der Waals surface area contributed by atoms with Gasteiger partial charge in [-0.05, 0) is 0 Å². The Hall–Kier alpha value is -1.71. The minimum absolute atomic E-state index is 0.0901. The monoisotopic (exact) mass is 258 g/mol. The van der Waals surface area contributed by atoms with Crippen LogP contribution in [-0.4, -0.2) is 70.1 Å². The lowest BCUT2D eigenvalue weighted by atomic mass is 10.2. The van der Waals surface area contributed by atoms with Crippen LogP contribution in [0.1, 0.15) is 6.42 Å². The normalized spacial score (nSPS) is 32.1. The van der Waals surface area contributed by atoms with Crippen LogP contribution >= 0.6 is 0 Å². The van der Waals surface area contributed by atoms with Crippen LogP contribution in [0.4, 0.5) is 9.59 Å². The lowest BCUT2D eigenvalue weighted by molar-refractivity contribution is -0.0688. The zero-order chi connectivity index (χ0) is 13.3. The van der Waals surface area contributed by atoms with Crippen LogP contribution in [0.15, 0.2) is 4.99 Å². The number of aliphatic hydroxyl groups excluding tert-OH is 2. The summed E-state index contributed by atoms with van der Waals surface area (Å²) in [5, 5.41) is 18.5. The zero-order valence-corrected chi connectivity index (χ0v) is 9.47. The number of aliphatic hydroxyl groups is 2. The number of nitrogens with two attached hydrogens (primary N) is 1. The molecule has 0 aliphatic carbocycles. The Balaban J connectivity index is 2.07. The zero-order valence-electron chi connectivity index (χ0n) is 9.47. The van der Waals surface area contributed by atoms with E-state index in [2.05, 4.69) is 4.99 Å². The topological polar surface area (TPSA) is 129 Å². The van der Waals surface area contributed by atoms with Crippen molar-refractivity contribution in [3.63, 3.8) is 0 Å². The van der Waals surface area contributed by atoms with Crippen molar-refractivity contribution in [2.24, 2.45) is 10.7 Å². The van der Waals surface area contributed by atoms with Crippen LogP contribution in [0, 0.1) is 0 Å². The summed E-state index contributed by atoms with van der Waals surface area (Å²) in [7, 11) is 0. The predicted octanol–water partition coefficient (Wildman–Crippen LogP) is -1.74. The molecule has 2 aliphatic heterocycles. The molecule has 0 saturated carbocycles. The smallest absolute Gasteiger partial charge is 0.348 e. The fourth-order valence-corrected chi connectivity index (χ4v) is 1.87. The number of amides is 4. The molecule has 2 heterocycles. The van der Waals surface area contributed by atoms with E-state index in [-0.39, 0.29) is 19.7 Å². The van der Waals surface area contributed by atoms with E-state index >= 15 is 0 Å². The molecule has 1 fully saturated rings. The van der Waals surface area contributed by atoms with Crippen LogP contribution in [0.5, 0.6) is 0 Å². The van der Waals surface area contributed by atoms with E-state index in [1.54, 1.807) is 0 Å². The molecule has 0 radical (unpaired) electrons. The van der Waals surface area contributed by atoms with Crippen molar-refractivity contribution in [3.8, 4) is 0 Å². The minimum Gasteiger partial charge on any atom is -0.394 e. The number of hydrogen-bond acceptors (Lipinski definition) is 5. The summed E-state index contributed by atoms with van der Waals surface area (Å²) >= 11 is 0. The largest absolute Gasteiger partial charge is 0.394 e. The molecule has 0 aromatic heterocycles. The molecular weight excluding hydrogens is 244 g/mol. The molecule has 9 heteroatoms. The Kier molecular flexibility index (Phi) is 3.45. The third-order valence-corrected chi connectivity index (χ3v) is 2.87. The van der Waals surface area contributed by atoms with Gasteiger partial charge in [-0.1, -0.05) is 0 Å². The maximum absolute atomic E-state index is 11.6. The van der Waals surface area contributed by atoms with E-state index in [4.69, 9.17) is 15.6 Å². The van der Waals surface area contributed by atoms with Gasteiger partial charge in [0.25, 0.3) is 0 Å². The van der Waals surface area contributed by atoms with Crippen molar-refractivity contribution < 1.29 is 24.5 Å². The first-order valence-corrected chi connectivity index (χ1v) is 5.38. The van der Waals surface area contributed by atoms with Crippen LogP contribution in [0.25, 0.3) is 0 Å². The molecule has 0 aromatic rings. The second kappa shape index (κ2) is 4.88. The van der Waals surface area contributed by atoms with Gasteiger partial charge in [0.1, 0.15) is 25.3 Å². The number of aliphatic imine (C=N–C) groups is 1. The molecule has 9 nitrogen and oxygen atoms in total. The van der Waals surface area contributed by atoms with Crippen LogP contribution in [0.3, 0.4) is 0 Å². The molecule has 18 heavy (non-hydrogen) atoms. The fraction of sp³-hybridized carbons (Fsp3) is 0.667. The summed E-state index contributed by atoms with van der Waals surface area (Å²) < 4.78 is 5.31. The summed E-state index contributed by atoms with van der Waals surface area (Å²) in [5.74, 6) is 0. The molecule has 2 aliphatic rings. The molecule has 4 N–H and O–H groups in total. The number of rotatable bonds is 2. The summed E-state index contributed by atoms with van der Waals surface area (Å²) in [6.45, 7) is -0.435. The van der Waals surface area contributed by atoms with Crippen molar-refractivity contribution in [1.29, 1.82) is 0 Å². The molecule has 0 aromatic carbocycles. The number of ether oxygens (including phenoxy) is 1. The number of urea groups is 2. The molecule has 0 unspecified atom stereocenters. The molecule has 3 atom stereocenters. The third-order valence-electron chi connectivity index (χ3n) is 2.87. The fourth-order valence-electron chi connectivity index (χ4n) is 1.87. The van der Waals surface area contributed by atoms with E-state index in [9.17, 15) is 14.7 Å². The molecule has 0 bridgehead atoms.